The van der Waals surface area contributed by atoms with Crippen LogP contribution in [0.2, 0.25) is 5.54 Å². The Bertz CT molecular complexity index is 852. The molecule has 0 spiro atoms. The molecule has 0 atom stereocenters. The molecule has 1 saturated carbocycles. The minimum atomic E-state index is -2.49. The van der Waals surface area contributed by atoms with E-state index in [0.717, 1.165) is 12.1 Å². The monoisotopic (exact) mass is 476 g/mol. The zero-order valence-corrected chi connectivity index (χ0v) is 23.0. The second kappa shape index (κ2) is 12.5. The molecule has 32 heavy (non-hydrogen) atoms. The van der Waals surface area contributed by atoms with Crippen LogP contribution in [0.25, 0.3) is 0 Å². The first-order valence-corrected chi connectivity index (χ1v) is 17.3. The average Bonchev–Trinajstić information content (AvgIpc) is 3.15. The minimum Gasteiger partial charge on any atom is -0.438 e. The molecule has 0 aromatic heterocycles. The SMILES string of the molecule is c1ccc(C[SiH2]O[Si](O[SiH2]Cc2ccccc2)(c2ccccc2)C2CCCCCC2)cc1. The van der Waals surface area contributed by atoms with Gasteiger partial charge in [-0.2, -0.15) is 0 Å². The summed E-state index contributed by atoms with van der Waals surface area (Å²) in [6, 6.07) is 34.9. The van der Waals surface area contributed by atoms with Crippen LogP contribution in [-0.4, -0.2) is 28.1 Å². The maximum Gasteiger partial charge on any atom is 0.354 e. The zero-order chi connectivity index (χ0) is 21.9. The molecule has 1 aliphatic rings. The van der Waals surface area contributed by atoms with Gasteiger partial charge in [0.2, 0.25) is 0 Å². The van der Waals surface area contributed by atoms with E-state index in [1.54, 1.807) is 0 Å². The van der Waals surface area contributed by atoms with Gasteiger partial charge in [-0.3, -0.25) is 0 Å². The molecule has 1 fully saturated rings. The Morgan fingerprint density at radius 3 is 1.50 bits per heavy atom. The number of hydrogen-bond donors (Lipinski definition) is 0. The molecule has 0 amide bonds. The molecule has 5 heteroatoms. The van der Waals surface area contributed by atoms with E-state index in [0.29, 0.717) is 5.54 Å². The second-order valence-electron chi connectivity index (χ2n) is 8.89. The maximum atomic E-state index is 7.14. The van der Waals surface area contributed by atoms with Gasteiger partial charge in [0.1, 0.15) is 0 Å². The van der Waals surface area contributed by atoms with E-state index < -0.39 is 28.1 Å². The lowest BCUT2D eigenvalue weighted by molar-refractivity contribution is 0.387. The third-order valence-corrected chi connectivity index (χ3v) is 16.1. The highest BCUT2D eigenvalue weighted by molar-refractivity contribution is 6.87. The van der Waals surface area contributed by atoms with Crippen molar-refractivity contribution in [2.45, 2.75) is 56.2 Å². The van der Waals surface area contributed by atoms with Crippen LogP contribution in [0.4, 0.5) is 0 Å². The fraction of sp³-hybridized carbons (Fsp3) is 0.333. The predicted octanol–water partition coefficient (Wildman–Crippen LogP) is 4.66. The van der Waals surface area contributed by atoms with Crippen molar-refractivity contribution in [2.24, 2.45) is 0 Å². The molecule has 4 rings (SSSR count). The van der Waals surface area contributed by atoms with E-state index in [1.807, 2.05) is 0 Å². The molecular formula is C27H36O2Si3. The van der Waals surface area contributed by atoms with Gasteiger partial charge >= 0.3 is 8.56 Å². The summed E-state index contributed by atoms with van der Waals surface area (Å²) >= 11 is 0. The van der Waals surface area contributed by atoms with E-state index >= 15 is 0 Å². The highest BCUT2D eigenvalue weighted by atomic mass is 28.4. The van der Waals surface area contributed by atoms with Crippen molar-refractivity contribution < 1.29 is 8.23 Å². The van der Waals surface area contributed by atoms with Crippen molar-refractivity contribution in [1.29, 1.82) is 0 Å². The maximum absolute atomic E-state index is 7.14. The van der Waals surface area contributed by atoms with Crippen molar-refractivity contribution in [3.63, 3.8) is 0 Å². The lowest BCUT2D eigenvalue weighted by Crippen LogP contribution is -2.59. The van der Waals surface area contributed by atoms with E-state index in [2.05, 4.69) is 91.0 Å². The molecule has 0 N–H and O–H groups in total. The number of rotatable bonds is 10. The molecule has 0 saturated heterocycles. The fourth-order valence-electron chi connectivity index (χ4n) is 4.94. The molecule has 3 aromatic rings. The third-order valence-electron chi connectivity index (χ3n) is 6.67. The van der Waals surface area contributed by atoms with Crippen molar-refractivity contribution in [3.05, 3.63) is 102 Å². The van der Waals surface area contributed by atoms with Crippen molar-refractivity contribution >= 4 is 33.3 Å². The Labute approximate surface area is 199 Å². The smallest absolute Gasteiger partial charge is 0.354 e. The summed E-state index contributed by atoms with van der Waals surface area (Å²) in [6.07, 6.45) is 7.89. The molecule has 0 radical (unpaired) electrons. The molecular weight excluding hydrogens is 441 g/mol. The highest BCUT2D eigenvalue weighted by Gasteiger charge is 2.46. The summed E-state index contributed by atoms with van der Waals surface area (Å²) in [4.78, 5) is 0. The average molecular weight is 477 g/mol. The van der Waals surface area contributed by atoms with Gasteiger partial charge in [-0.05, 0) is 41.2 Å². The van der Waals surface area contributed by atoms with Gasteiger partial charge in [-0.25, -0.2) is 0 Å². The van der Waals surface area contributed by atoms with Crippen LogP contribution < -0.4 is 5.19 Å². The van der Waals surface area contributed by atoms with Crippen molar-refractivity contribution in [2.75, 3.05) is 0 Å². The first kappa shape index (κ1) is 23.4. The van der Waals surface area contributed by atoms with Gasteiger partial charge in [0, 0.05) is 5.54 Å². The van der Waals surface area contributed by atoms with Gasteiger partial charge in [0.05, 0.1) is 0 Å². The predicted molar refractivity (Wildman–Crippen MR) is 143 cm³/mol. The second-order valence-corrected chi connectivity index (χ2v) is 15.7. The van der Waals surface area contributed by atoms with E-state index in [9.17, 15) is 0 Å². The van der Waals surface area contributed by atoms with Crippen molar-refractivity contribution in [1.82, 2.24) is 0 Å². The Morgan fingerprint density at radius 2 is 1.03 bits per heavy atom. The van der Waals surface area contributed by atoms with Gasteiger partial charge in [-0.1, -0.05) is 117 Å². The Balaban J connectivity index is 1.57. The summed E-state index contributed by atoms with van der Waals surface area (Å²) in [5.74, 6) is 0. The molecule has 0 unspecified atom stereocenters. The fourth-order valence-corrected chi connectivity index (χ4v) is 15.9. The van der Waals surface area contributed by atoms with Gasteiger partial charge < -0.3 is 8.23 Å². The summed E-state index contributed by atoms with van der Waals surface area (Å²) in [7, 11) is -3.93. The number of benzene rings is 3. The van der Waals surface area contributed by atoms with E-state index in [1.165, 1.54) is 54.8 Å². The Kier molecular flexibility index (Phi) is 9.11. The largest absolute Gasteiger partial charge is 0.438 e. The summed E-state index contributed by atoms with van der Waals surface area (Å²) < 4.78 is 14.3. The molecule has 3 aromatic carbocycles. The first-order chi connectivity index (χ1) is 15.9. The van der Waals surface area contributed by atoms with Gasteiger partial charge in [-0.15, -0.1) is 0 Å². The molecule has 1 aliphatic carbocycles. The van der Waals surface area contributed by atoms with Crippen LogP contribution in [0.1, 0.15) is 49.7 Å². The first-order valence-electron chi connectivity index (χ1n) is 12.3. The van der Waals surface area contributed by atoms with Gasteiger partial charge in [0.15, 0.2) is 19.5 Å². The summed E-state index contributed by atoms with van der Waals surface area (Å²) in [5.41, 5.74) is 3.38. The lowest BCUT2D eigenvalue weighted by Gasteiger charge is -2.39. The quantitative estimate of drug-likeness (QED) is 0.313. The Hall–Kier alpha value is -1.77. The summed E-state index contributed by atoms with van der Waals surface area (Å²) in [5, 5.41) is 1.37. The van der Waals surface area contributed by atoms with Crippen LogP contribution in [0, 0.1) is 0 Å². The molecule has 0 heterocycles. The van der Waals surface area contributed by atoms with E-state index in [4.69, 9.17) is 8.23 Å². The molecule has 0 aliphatic heterocycles. The zero-order valence-electron chi connectivity index (χ0n) is 19.1. The van der Waals surface area contributed by atoms with Crippen LogP contribution in [0.5, 0.6) is 0 Å². The topological polar surface area (TPSA) is 18.5 Å². The molecule has 2 nitrogen and oxygen atoms in total. The molecule has 168 valence electrons. The van der Waals surface area contributed by atoms with Crippen molar-refractivity contribution in [3.8, 4) is 0 Å². The standard InChI is InChI=1S/C27H36O2Si3/c1-2-11-19-26(18-10-1)32(27-20-12-5-13-21-27,28-30-22-24-14-6-3-7-15-24)29-31-23-25-16-8-4-9-17-25/h3-9,12-17,20-21,26H,1-2,10-11,18-19,22-23,30-31H2. The Morgan fingerprint density at radius 1 is 0.594 bits per heavy atom. The van der Waals surface area contributed by atoms with Crippen LogP contribution in [-0.2, 0) is 20.3 Å². The third kappa shape index (κ3) is 6.39. The normalized spacial score (nSPS) is 17.6. The lowest BCUT2D eigenvalue weighted by atomic mass is 10.2. The highest BCUT2D eigenvalue weighted by Crippen LogP contribution is 2.37. The summed E-state index contributed by atoms with van der Waals surface area (Å²) in [6.45, 7) is 0. The van der Waals surface area contributed by atoms with Gasteiger partial charge in [0.25, 0.3) is 0 Å². The molecule has 0 bridgehead atoms. The van der Waals surface area contributed by atoms with Crippen LogP contribution in [0.15, 0.2) is 91.0 Å². The number of hydrogen-bond acceptors (Lipinski definition) is 2. The van der Waals surface area contributed by atoms with E-state index in [-0.39, 0.29) is 0 Å². The van der Waals surface area contributed by atoms with Crippen LogP contribution >= 0.6 is 0 Å². The van der Waals surface area contributed by atoms with Crippen LogP contribution in [0.3, 0.4) is 0 Å². The minimum absolute atomic E-state index is 0.582.